The summed E-state index contributed by atoms with van der Waals surface area (Å²) in [5.74, 6) is 0.544. The fraction of sp³-hybridized carbons (Fsp3) is 0.143. The Bertz CT molecular complexity index is 277. The molecule has 0 spiro atoms. The molecule has 0 aliphatic heterocycles. The lowest BCUT2D eigenvalue weighted by atomic mass is 9.80. The van der Waals surface area contributed by atoms with E-state index in [0.717, 1.165) is 0 Å². The lowest BCUT2D eigenvalue weighted by molar-refractivity contribution is 0.412. The third-order valence-electron chi connectivity index (χ3n) is 1.48. The van der Waals surface area contributed by atoms with Gasteiger partial charge in [-0.3, -0.25) is 0 Å². The molecule has 0 unspecified atom stereocenters. The first-order chi connectivity index (χ1) is 5.65. The van der Waals surface area contributed by atoms with Crippen molar-refractivity contribution in [3.8, 4) is 5.75 Å². The van der Waals surface area contributed by atoms with Gasteiger partial charge >= 0.3 is 7.12 Å². The van der Waals surface area contributed by atoms with E-state index in [1.54, 1.807) is 12.1 Å². The molecule has 0 heterocycles. The van der Waals surface area contributed by atoms with Crippen molar-refractivity contribution in [1.29, 1.82) is 0 Å². The summed E-state index contributed by atoms with van der Waals surface area (Å²) >= 11 is 5.67. The molecule has 1 aromatic rings. The Kier molecular flexibility index (Phi) is 2.97. The summed E-state index contributed by atoms with van der Waals surface area (Å²) in [6, 6.07) is 4.68. The summed E-state index contributed by atoms with van der Waals surface area (Å²) < 4.78 is 4.88. The molecule has 0 aromatic heterocycles. The molecular weight excluding hydrogens is 178 g/mol. The van der Waals surface area contributed by atoms with Crippen molar-refractivity contribution in [2.75, 3.05) is 7.11 Å². The number of benzene rings is 1. The number of rotatable bonds is 2. The maximum absolute atomic E-state index is 8.84. The molecule has 0 radical (unpaired) electrons. The van der Waals surface area contributed by atoms with Crippen LogP contribution in [0.2, 0.25) is 5.02 Å². The molecule has 0 bridgehead atoms. The van der Waals surface area contributed by atoms with Crippen molar-refractivity contribution in [3.05, 3.63) is 23.2 Å². The molecule has 3 nitrogen and oxygen atoms in total. The Morgan fingerprint density at radius 1 is 1.42 bits per heavy atom. The second-order valence-corrected chi connectivity index (χ2v) is 2.67. The monoisotopic (exact) mass is 186 g/mol. The first-order valence-corrected chi connectivity index (χ1v) is 3.72. The predicted octanol–water partition coefficient (Wildman–Crippen LogP) is 0.0284. The molecule has 1 rings (SSSR count). The van der Waals surface area contributed by atoms with Crippen LogP contribution in [0.5, 0.6) is 5.75 Å². The zero-order chi connectivity index (χ0) is 9.14. The zero-order valence-electron chi connectivity index (χ0n) is 6.49. The zero-order valence-corrected chi connectivity index (χ0v) is 7.25. The highest BCUT2D eigenvalue weighted by Crippen LogP contribution is 2.13. The molecule has 2 N–H and O–H groups in total. The van der Waals surface area contributed by atoms with Crippen molar-refractivity contribution in [3.63, 3.8) is 0 Å². The minimum atomic E-state index is -1.56. The molecular formula is C7H8BClO3. The van der Waals surface area contributed by atoms with Crippen LogP contribution < -0.4 is 10.2 Å². The molecule has 0 aliphatic rings. The highest BCUT2D eigenvalue weighted by Gasteiger charge is 2.15. The van der Waals surface area contributed by atoms with E-state index >= 15 is 0 Å². The molecule has 0 fully saturated rings. The van der Waals surface area contributed by atoms with E-state index in [4.69, 9.17) is 26.4 Å². The van der Waals surface area contributed by atoms with Gasteiger partial charge in [-0.2, -0.15) is 0 Å². The molecule has 0 saturated carbocycles. The van der Waals surface area contributed by atoms with Crippen molar-refractivity contribution in [1.82, 2.24) is 0 Å². The summed E-state index contributed by atoms with van der Waals surface area (Å²) in [5, 5.41) is 18.0. The van der Waals surface area contributed by atoms with Gasteiger partial charge in [0.1, 0.15) is 5.75 Å². The Hall–Kier alpha value is -0.705. The lowest BCUT2D eigenvalue weighted by Gasteiger charge is -2.05. The average Bonchev–Trinajstić information content (AvgIpc) is 2.05. The topological polar surface area (TPSA) is 49.7 Å². The maximum Gasteiger partial charge on any atom is 0.490 e. The van der Waals surface area contributed by atoms with Crippen molar-refractivity contribution in [2.45, 2.75) is 0 Å². The Labute approximate surface area is 75.7 Å². The van der Waals surface area contributed by atoms with Crippen LogP contribution in [0.25, 0.3) is 0 Å². The third kappa shape index (κ3) is 1.91. The highest BCUT2D eigenvalue weighted by atomic mass is 35.5. The van der Waals surface area contributed by atoms with Crippen LogP contribution in [0.15, 0.2) is 18.2 Å². The average molecular weight is 186 g/mol. The smallest absolute Gasteiger partial charge is 0.490 e. The van der Waals surface area contributed by atoms with Crippen LogP contribution in [0.3, 0.4) is 0 Å². The van der Waals surface area contributed by atoms with Crippen LogP contribution in [-0.2, 0) is 0 Å². The van der Waals surface area contributed by atoms with E-state index in [9.17, 15) is 0 Å². The van der Waals surface area contributed by atoms with Gasteiger partial charge in [0, 0.05) is 10.5 Å². The molecule has 0 aliphatic carbocycles. The van der Waals surface area contributed by atoms with E-state index in [1.165, 1.54) is 13.2 Å². The normalized spacial score (nSPS) is 9.67. The van der Waals surface area contributed by atoms with Crippen LogP contribution in [0.1, 0.15) is 0 Å². The highest BCUT2D eigenvalue weighted by molar-refractivity contribution is 6.62. The largest absolute Gasteiger partial charge is 0.497 e. The molecule has 1 aromatic carbocycles. The standard InChI is InChI=1S/C7H8BClO3/c1-12-5-2-3-7(9)6(4-5)8(10)11/h2-4,10-11H,1H3. The first kappa shape index (κ1) is 9.38. The van der Waals surface area contributed by atoms with Gasteiger partial charge in [-0.15, -0.1) is 0 Å². The number of halogens is 1. The molecule has 5 heteroatoms. The van der Waals surface area contributed by atoms with Crippen LogP contribution in [0.4, 0.5) is 0 Å². The summed E-state index contributed by atoms with van der Waals surface area (Å²) in [6.07, 6.45) is 0. The minimum Gasteiger partial charge on any atom is -0.497 e. The van der Waals surface area contributed by atoms with Crippen LogP contribution in [-0.4, -0.2) is 24.3 Å². The van der Waals surface area contributed by atoms with Crippen molar-refractivity contribution in [2.24, 2.45) is 0 Å². The van der Waals surface area contributed by atoms with E-state index in [1.807, 2.05) is 0 Å². The van der Waals surface area contributed by atoms with E-state index in [-0.39, 0.29) is 5.46 Å². The summed E-state index contributed by atoms with van der Waals surface area (Å²) in [4.78, 5) is 0. The van der Waals surface area contributed by atoms with Gasteiger partial charge in [-0.25, -0.2) is 0 Å². The van der Waals surface area contributed by atoms with E-state index < -0.39 is 7.12 Å². The lowest BCUT2D eigenvalue weighted by Crippen LogP contribution is -2.30. The second-order valence-electron chi connectivity index (χ2n) is 2.26. The predicted molar refractivity (Wildman–Crippen MR) is 47.8 cm³/mol. The summed E-state index contributed by atoms with van der Waals surface area (Å²) in [5.41, 5.74) is 0.246. The van der Waals surface area contributed by atoms with Gasteiger partial charge in [0.15, 0.2) is 0 Å². The van der Waals surface area contributed by atoms with Crippen LogP contribution in [0, 0.1) is 0 Å². The number of methoxy groups -OCH3 is 1. The number of hydrogen-bond donors (Lipinski definition) is 2. The molecule has 0 saturated heterocycles. The maximum atomic E-state index is 8.84. The molecule has 64 valence electrons. The van der Waals surface area contributed by atoms with Crippen molar-refractivity contribution < 1.29 is 14.8 Å². The molecule has 12 heavy (non-hydrogen) atoms. The van der Waals surface area contributed by atoms with Gasteiger partial charge in [0.05, 0.1) is 7.11 Å². The number of ether oxygens (including phenoxy) is 1. The van der Waals surface area contributed by atoms with E-state index in [2.05, 4.69) is 0 Å². The third-order valence-corrected chi connectivity index (χ3v) is 1.83. The summed E-state index contributed by atoms with van der Waals surface area (Å²) in [7, 11) is -0.0656. The van der Waals surface area contributed by atoms with Crippen molar-refractivity contribution >= 4 is 24.2 Å². The molecule has 0 amide bonds. The fourth-order valence-corrected chi connectivity index (χ4v) is 1.06. The Morgan fingerprint density at radius 3 is 2.58 bits per heavy atom. The van der Waals surface area contributed by atoms with Gasteiger partial charge in [-0.1, -0.05) is 11.6 Å². The quantitative estimate of drug-likeness (QED) is 0.641. The second kappa shape index (κ2) is 3.80. The fourth-order valence-electron chi connectivity index (χ4n) is 0.847. The summed E-state index contributed by atoms with van der Waals surface area (Å²) in [6.45, 7) is 0. The number of hydrogen-bond acceptors (Lipinski definition) is 3. The SMILES string of the molecule is COc1ccc(Cl)c(B(O)O)c1. The van der Waals surface area contributed by atoms with Gasteiger partial charge < -0.3 is 14.8 Å². The molecule has 0 atom stereocenters. The Morgan fingerprint density at radius 2 is 2.08 bits per heavy atom. The van der Waals surface area contributed by atoms with Gasteiger partial charge in [0.25, 0.3) is 0 Å². The van der Waals surface area contributed by atoms with Gasteiger partial charge in [0.2, 0.25) is 0 Å². The Balaban J connectivity index is 3.08. The van der Waals surface area contributed by atoms with Crippen LogP contribution >= 0.6 is 11.6 Å². The minimum absolute atomic E-state index is 0.246. The van der Waals surface area contributed by atoms with E-state index in [0.29, 0.717) is 10.8 Å². The van der Waals surface area contributed by atoms with Gasteiger partial charge in [-0.05, 0) is 18.2 Å². The first-order valence-electron chi connectivity index (χ1n) is 3.34.